The highest BCUT2D eigenvalue weighted by Crippen LogP contribution is 2.33. The number of piperazine rings is 1. The number of urea groups is 1. The summed E-state index contributed by atoms with van der Waals surface area (Å²) in [5.74, 6) is 0. The van der Waals surface area contributed by atoms with Crippen molar-refractivity contribution in [2.75, 3.05) is 82.8 Å². The van der Waals surface area contributed by atoms with Crippen molar-refractivity contribution in [1.29, 1.82) is 0 Å². The number of nitrogens with zero attached hydrogens (tertiary/aromatic N) is 4. The third-order valence-corrected chi connectivity index (χ3v) is 8.11. The van der Waals surface area contributed by atoms with Crippen molar-refractivity contribution < 1.29 is 19.1 Å². The van der Waals surface area contributed by atoms with Crippen LogP contribution in [-0.2, 0) is 22.6 Å². The number of carbonyl (C=O) groups is 2. The summed E-state index contributed by atoms with van der Waals surface area (Å²) in [7, 11) is 2.12. The van der Waals surface area contributed by atoms with Crippen LogP contribution in [0.2, 0.25) is 0 Å². The maximum atomic E-state index is 13.4. The summed E-state index contributed by atoms with van der Waals surface area (Å²) in [6.07, 6.45) is 0.242. The van der Waals surface area contributed by atoms with Gasteiger partial charge in [0.15, 0.2) is 0 Å². The van der Waals surface area contributed by atoms with Crippen LogP contribution in [0.3, 0.4) is 0 Å². The molecule has 3 aromatic carbocycles. The largest absolute Gasteiger partial charge is 0.444 e. The van der Waals surface area contributed by atoms with Gasteiger partial charge in [0, 0.05) is 52.4 Å². The summed E-state index contributed by atoms with van der Waals surface area (Å²) in [6, 6.07) is 24.1. The lowest BCUT2D eigenvalue weighted by molar-refractivity contribution is 0.0425. The number of hydrogen-bond donors (Lipinski definition) is 2. The van der Waals surface area contributed by atoms with E-state index in [1.807, 2.05) is 58.3 Å². The fraction of sp³-hybridized carbons (Fsp3) is 0.412. The molecule has 3 amide bonds. The topological polar surface area (TPSA) is 104 Å². The molecule has 0 aliphatic carbocycles. The fourth-order valence-corrected chi connectivity index (χ4v) is 5.56. The Morgan fingerprint density at radius 1 is 0.886 bits per heavy atom. The van der Waals surface area contributed by atoms with Crippen LogP contribution in [0.5, 0.6) is 0 Å². The van der Waals surface area contributed by atoms with Gasteiger partial charge >= 0.3 is 12.1 Å². The highest BCUT2D eigenvalue weighted by molar-refractivity contribution is 5.91. The number of nitrogens with one attached hydrogen (secondary N) is 1. The first-order chi connectivity index (χ1) is 21.5. The van der Waals surface area contributed by atoms with E-state index in [4.69, 9.17) is 15.2 Å². The molecule has 234 valence electrons. The lowest BCUT2D eigenvalue weighted by Crippen LogP contribution is -2.48. The zero-order chi connectivity index (χ0) is 30.7. The minimum Gasteiger partial charge on any atom is -0.444 e. The van der Waals surface area contributed by atoms with E-state index in [1.54, 1.807) is 0 Å². The molecule has 0 atom stereocenters. The molecule has 0 radical (unpaired) electrons. The van der Waals surface area contributed by atoms with Gasteiger partial charge in [-0.25, -0.2) is 9.59 Å². The molecular weight excluding hydrogens is 556 g/mol. The molecule has 0 spiro atoms. The Balaban J connectivity index is 1.36. The Morgan fingerprint density at radius 2 is 1.61 bits per heavy atom. The van der Waals surface area contributed by atoms with Crippen molar-refractivity contribution in [3.8, 4) is 11.1 Å². The molecule has 0 bridgehead atoms. The molecule has 3 N–H and O–H groups in total. The molecule has 10 nitrogen and oxygen atoms in total. The van der Waals surface area contributed by atoms with Gasteiger partial charge in [-0.05, 0) is 60.5 Å². The van der Waals surface area contributed by atoms with Crippen LogP contribution >= 0.6 is 0 Å². The maximum Gasteiger partial charge on any atom is 0.412 e. The highest BCUT2D eigenvalue weighted by Gasteiger charge is 2.23. The van der Waals surface area contributed by atoms with Gasteiger partial charge in [0.2, 0.25) is 0 Å². The lowest BCUT2D eigenvalue weighted by Gasteiger charge is -2.35. The molecule has 2 saturated heterocycles. The van der Waals surface area contributed by atoms with Crippen molar-refractivity contribution >= 4 is 23.5 Å². The second kappa shape index (κ2) is 15.6. The molecular formula is C34H44N6O4. The Kier molecular flexibility index (Phi) is 11.1. The summed E-state index contributed by atoms with van der Waals surface area (Å²) in [5.41, 5.74) is 11.4. The number of morpholine rings is 1. The first-order valence-corrected chi connectivity index (χ1v) is 15.5. The summed E-state index contributed by atoms with van der Waals surface area (Å²) in [5, 5.41) is 3.02. The number of ether oxygens (including phenoxy) is 2. The second-order valence-electron chi connectivity index (χ2n) is 11.4. The summed E-state index contributed by atoms with van der Waals surface area (Å²) >= 11 is 0. The average Bonchev–Trinajstić information content (AvgIpc) is 3.07. The van der Waals surface area contributed by atoms with Crippen LogP contribution in [0.15, 0.2) is 72.8 Å². The van der Waals surface area contributed by atoms with Gasteiger partial charge in [0.1, 0.15) is 6.61 Å². The van der Waals surface area contributed by atoms with Gasteiger partial charge in [-0.15, -0.1) is 0 Å². The van der Waals surface area contributed by atoms with Crippen LogP contribution in [0, 0.1) is 0 Å². The van der Waals surface area contributed by atoms with E-state index in [0.29, 0.717) is 51.6 Å². The Morgan fingerprint density at radius 3 is 2.36 bits per heavy atom. The number of benzene rings is 3. The Labute approximate surface area is 260 Å². The van der Waals surface area contributed by atoms with Crippen LogP contribution in [0.1, 0.15) is 17.5 Å². The monoisotopic (exact) mass is 600 g/mol. The van der Waals surface area contributed by atoms with E-state index in [2.05, 4.69) is 46.4 Å². The predicted octanol–water partition coefficient (Wildman–Crippen LogP) is 4.46. The van der Waals surface area contributed by atoms with Gasteiger partial charge in [-0.1, -0.05) is 54.6 Å². The second-order valence-corrected chi connectivity index (χ2v) is 11.4. The number of anilines is 2. The van der Waals surface area contributed by atoms with Crippen LogP contribution in [0.4, 0.5) is 21.0 Å². The van der Waals surface area contributed by atoms with Crippen LogP contribution in [-0.4, -0.2) is 99.4 Å². The average molecular weight is 601 g/mol. The molecule has 0 saturated carbocycles. The Bertz CT molecular complexity index is 1370. The number of likely N-dealkylation sites (N-methyl/N-ethyl adjacent to an activating group) is 1. The minimum atomic E-state index is -0.493. The van der Waals surface area contributed by atoms with Crippen molar-refractivity contribution in [2.45, 2.75) is 19.6 Å². The van der Waals surface area contributed by atoms with Gasteiger partial charge in [-0.2, -0.15) is 0 Å². The lowest BCUT2D eigenvalue weighted by atomic mass is 10.0. The summed E-state index contributed by atoms with van der Waals surface area (Å²) in [4.78, 5) is 34.7. The quantitative estimate of drug-likeness (QED) is 0.354. The van der Waals surface area contributed by atoms with Gasteiger partial charge < -0.3 is 34.8 Å². The summed E-state index contributed by atoms with van der Waals surface area (Å²) < 4.78 is 11.0. The molecule has 2 fully saturated rings. The van der Waals surface area contributed by atoms with Gasteiger partial charge in [0.25, 0.3) is 0 Å². The molecule has 44 heavy (non-hydrogen) atoms. The third kappa shape index (κ3) is 8.49. The predicted molar refractivity (Wildman–Crippen MR) is 174 cm³/mol. The zero-order valence-corrected chi connectivity index (χ0v) is 25.6. The number of rotatable bonds is 10. The van der Waals surface area contributed by atoms with E-state index in [-0.39, 0.29) is 12.6 Å². The maximum absolute atomic E-state index is 13.4. The number of nitrogens with two attached hydrogens (primary N) is 1. The molecule has 0 unspecified atom stereocenters. The van der Waals surface area contributed by atoms with Crippen molar-refractivity contribution in [1.82, 2.24) is 14.7 Å². The van der Waals surface area contributed by atoms with E-state index in [1.165, 1.54) is 0 Å². The molecule has 5 rings (SSSR count). The third-order valence-electron chi connectivity index (χ3n) is 8.11. The number of amides is 3. The van der Waals surface area contributed by atoms with E-state index < -0.39 is 6.09 Å². The SMILES string of the molecule is CN1CCN(c2ccc(-c3cccc(CN(CCCN)C(=O)N4CCOCC4)c3)cc2NC(=O)OCc2ccccc2)CC1. The van der Waals surface area contributed by atoms with Crippen LogP contribution in [0.25, 0.3) is 11.1 Å². The number of hydrogen-bond acceptors (Lipinski definition) is 7. The first kappa shape index (κ1) is 31.3. The smallest absolute Gasteiger partial charge is 0.412 e. The Hall–Kier alpha value is -4.12. The standard InChI is InChI=1S/C34H44N6O4/c1-37-15-17-38(18-16-37)32-12-11-30(24-31(32)36-33(41)44-26-27-7-3-2-4-8-27)29-10-5-9-28(23-29)25-40(14-6-13-35)34(42)39-19-21-43-22-20-39/h2-5,7-12,23-24H,6,13-22,25-26,35H2,1H3,(H,36,41). The van der Waals surface area contributed by atoms with Crippen molar-refractivity contribution in [3.05, 3.63) is 83.9 Å². The molecule has 0 aromatic heterocycles. The zero-order valence-electron chi connectivity index (χ0n) is 25.6. The van der Waals surface area contributed by atoms with Crippen molar-refractivity contribution in [3.63, 3.8) is 0 Å². The molecule has 2 aliphatic rings. The van der Waals surface area contributed by atoms with Gasteiger partial charge in [0.05, 0.1) is 24.6 Å². The normalized spacial score (nSPS) is 15.6. The first-order valence-electron chi connectivity index (χ1n) is 15.5. The highest BCUT2D eigenvalue weighted by atomic mass is 16.5. The molecule has 2 heterocycles. The van der Waals surface area contributed by atoms with E-state index in [9.17, 15) is 9.59 Å². The summed E-state index contributed by atoms with van der Waals surface area (Å²) in [6.45, 7) is 7.76. The van der Waals surface area contributed by atoms with Crippen molar-refractivity contribution in [2.24, 2.45) is 5.73 Å². The number of carbonyl (C=O) groups excluding carboxylic acids is 2. The van der Waals surface area contributed by atoms with Gasteiger partial charge in [-0.3, -0.25) is 5.32 Å². The molecule has 3 aromatic rings. The molecule has 2 aliphatic heterocycles. The molecule has 10 heteroatoms. The fourth-order valence-electron chi connectivity index (χ4n) is 5.56. The van der Waals surface area contributed by atoms with E-state index >= 15 is 0 Å². The van der Waals surface area contributed by atoms with E-state index in [0.717, 1.165) is 60.5 Å². The minimum absolute atomic E-state index is 0.0178. The van der Waals surface area contributed by atoms with Crippen LogP contribution < -0.4 is 16.0 Å².